The molecule has 3 heterocycles. The third kappa shape index (κ3) is 4.60. The number of nitrogens with two attached hydrogens (primary N) is 1. The number of thiazole rings is 1. The zero-order valence-corrected chi connectivity index (χ0v) is 20.4. The van der Waals surface area contributed by atoms with Gasteiger partial charge in [-0.25, -0.2) is 14.6 Å². The number of carbonyl (C=O) groups excluding carboxylic acids is 3. The summed E-state index contributed by atoms with van der Waals surface area (Å²) in [6.07, 6.45) is 1.06. The third-order valence-corrected chi connectivity index (χ3v) is 7.84. The molecule has 36 heavy (non-hydrogen) atoms. The van der Waals surface area contributed by atoms with Gasteiger partial charge in [-0.15, -0.1) is 23.1 Å². The second-order valence-corrected chi connectivity index (χ2v) is 10.1. The highest BCUT2D eigenvalue weighted by atomic mass is 32.2. The fourth-order valence-corrected chi connectivity index (χ4v) is 5.64. The first-order valence-electron chi connectivity index (χ1n) is 10.6. The number of rotatable bonds is 9. The molecule has 1 unspecified atom stereocenters. The Labute approximate surface area is 211 Å². The van der Waals surface area contributed by atoms with Crippen LogP contribution < -0.4 is 11.1 Å². The van der Waals surface area contributed by atoms with E-state index in [1.165, 1.54) is 24.1 Å². The molecule has 4 rings (SSSR count). The summed E-state index contributed by atoms with van der Waals surface area (Å²) in [5.74, 6) is -4.57. The number of β-lactam (4-membered cyclic amide) rings is 1. The lowest BCUT2D eigenvalue weighted by molar-refractivity contribution is -0.178. The summed E-state index contributed by atoms with van der Waals surface area (Å²) in [4.78, 5) is 70.9. The maximum absolute atomic E-state index is 13.1. The Morgan fingerprint density at radius 2 is 2.06 bits per heavy atom. The van der Waals surface area contributed by atoms with Crippen molar-refractivity contribution >= 4 is 63.7 Å². The summed E-state index contributed by atoms with van der Waals surface area (Å²) in [7, 11) is 0. The number of ether oxygens (including phenoxy) is 1. The molecule has 16 heteroatoms. The maximum Gasteiger partial charge on any atom is 0.352 e. The Balaban J connectivity index is 1.54. The van der Waals surface area contributed by atoms with Gasteiger partial charge < -0.3 is 30.8 Å². The molecule has 1 saturated carbocycles. The Morgan fingerprint density at radius 3 is 2.58 bits per heavy atom. The quantitative estimate of drug-likeness (QED) is 0.139. The molecule has 2 aliphatic heterocycles. The molecule has 0 bridgehead atoms. The van der Waals surface area contributed by atoms with E-state index in [1.54, 1.807) is 0 Å². The molecule has 1 aromatic rings. The minimum Gasteiger partial charge on any atom is -0.478 e. The molecule has 14 nitrogen and oxygen atoms in total. The van der Waals surface area contributed by atoms with Crippen molar-refractivity contribution < 1.29 is 43.8 Å². The van der Waals surface area contributed by atoms with Gasteiger partial charge in [-0.2, -0.15) is 0 Å². The highest BCUT2D eigenvalue weighted by Gasteiger charge is 2.54. The smallest absolute Gasteiger partial charge is 0.352 e. The number of carboxylic acid groups (broad SMARTS) is 2. The first kappa shape index (κ1) is 25.4. The van der Waals surface area contributed by atoms with E-state index >= 15 is 0 Å². The van der Waals surface area contributed by atoms with Crippen molar-refractivity contribution in [1.82, 2.24) is 15.2 Å². The Morgan fingerprint density at radius 1 is 1.33 bits per heavy atom. The highest BCUT2D eigenvalue weighted by molar-refractivity contribution is 8.00. The first-order chi connectivity index (χ1) is 17.0. The van der Waals surface area contributed by atoms with Crippen LogP contribution >= 0.6 is 23.1 Å². The first-order valence-corrected chi connectivity index (χ1v) is 12.5. The summed E-state index contributed by atoms with van der Waals surface area (Å²) in [5, 5.41) is 26.3. The fourth-order valence-electron chi connectivity index (χ4n) is 3.77. The molecule has 1 saturated heterocycles. The summed E-state index contributed by atoms with van der Waals surface area (Å²) in [6, 6.07) is -1.09. The number of nitrogen functional groups attached to an aromatic ring is 1. The number of anilines is 1. The van der Waals surface area contributed by atoms with E-state index in [0.717, 1.165) is 16.2 Å². The van der Waals surface area contributed by atoms with Gasteiger partial charge in [0.1, 0.15) is 29.4 Å². The molecule has 0 spiro atoms. The minimum absolute atomic E-state index is 0.0320. The number of amides is 2. The van der Waals surface area contributed by atoms with Gasteiger partial charge in [0.15, 0.2) is 10.8 Å². The summed E-state index contributed by atoms with van der Waals surface area (Å²) >= 11 is 2.21. The third-order valence-electron chi connectivity index (χ3n) is 5.83. The molecule has 3 aliphatic rings. The summed E-state index contributed by atoms with van der Waals surface area (Å²) < 4.78 is 4.89. The van der Waals surface area contributed by atoms with E-state index in [9.17, 15) is 34.2 Å². The lowest BCUT2D eigenvalue weighted by atomic mass is 9.80. The van der Waals surface area contributed by atoms with Crippen molar-refractivity contribution in [2.24, 2.45) is 5.16 Å². The van der Waals surface area contributed by atoms with E-state index in [-0.39, 0.29) is 53.0 Å². The van der Waals surface area contributed by atoms with Gasteiger partial charge in [0.2, 0.25) is 5.60 Å². The van der Waals surface area contributed by atoms with Gasteiger partial charge >= 0.3 is 17.9 Å². The second kappa shape index (κ2) is 9.77. The van der Waals surface area contributed by atoms with Crippen molar-refractivity contribution in [3.63, 3.8) is 0 Å². The zero-order chi connectivity index (χ0) is 26.2. The second-order valence-electron chi connectivity index (χ2n) is 8.15. The van der Waals surface area contributed by atoms with Gasteiger partial charge in [-0.05, 0) is 6.42 Å². The standard InChI is InChI=1S/C20H21N5O9S2/c1-8(26)33-5-9-6-35-16-12(15(28)25(16)13(9)17(29)30)23-14(27)11(10-7-36-19(21)22-10)24-34-20(18(31)32)3-2-4-20/h7,12,16H,2-6H2,1H3,(H2,21,22)(H,23,27)(H,29,30)(H,31,32)/b24-11-/t12?,16-/m1/s1. The van der Waals surface area contributed by atoms with E-state index in [1.807, 2.05) is 0 Å². The van der Waals surface area contributed by atoms with Gasteiger partial charge in [-0.1, -0.05) is 5.16 Å². The van der Waals surface area contributed by atoms with Crippen LogP contribution in [-0.2, 0) is 33.5 Å². The number of carboxylic acids is 2. The average molecular weight is 540 g/mol. The molecule has 2 amide bonds. The van der Waals surface area contributed by atoms with Crippen molar-refractivity contribution in [2.75, 3.05) is 18.1 Å². The van der Waals surface area contributed by atoms with Crippen LogP contribution in [-0.4, -0.2) is 84.9 Å². The number of thioether (sulfide) groups is 1. The predicted molar refractivity (Wildman–Crippen MR) is 125 cm³/mol. The lowest BCUT2D eigenvalue weighted by Crippen LogP contribution is -2.71. The van der Waals surface area contributed by atoms with E-state index in [2.05, 4.69) is 15.5 Å². The number of carbonyl (C=O) groups is 5. The zero-order valence-electron chi connectivity index (χ0n) is 18.8. The Hall–Kier alpha value is -3.66. The number of nitrogens with zero attached hydrogens (tertiary/aromatic N) is 3. The van der Waals surface area contributed by atoms with Crippen molar-refractivity contribution in [3.05, 3.63) is 22.3 Å². The van der Waals surface area contributed by atoms with Crippen LogP contribution in [0.1, 0.15) is 31.9 Å². The SMILES string of the molecule is CC(=O)OCC1=C(C(=O)O)N2C(=O)C(NC(=O)/C(=N\OC3(C(=O)O)CCC3)c3csc(N)n3)[C@H]2SC1. The maximum atomic E-state index is 13.1. The molecule has 192 valence electrons. The van der Waals surface area contributed by atoms with Crippen LogP contribution in [0.2, 0.25) is 0 Å². The van der Waals surface area contributed by atoms with Gasteiger partial charge in [-0.3, -0.25) is 19.3 Å². The van der Waals surface area contributed by atoms with Crippen molar-refractivity contribution in [3.8, 4) is 0 Å². The molecular weight excluding hydrogens is 518 g/mol. The number of aromatic nitrogens is 1. The minimum atomic E-state index is -1.55. The summed E-state index contributed by atoms with van der Waals surface area (Å²) in [5.41, 5.74) is 3.74. The molecule has 1 aromatic heterocycles. The number of oxime groups is 1. The Kier molecular flexibility index (Phi) is 6.90. The lowest BCUT2D eigenvalue weighted by Gasteiger charge is -2.49. The number of nitrogens with one attached hydrogen (secondary N) is 1. The fraction of sp³-hybridized carbons (Fsp3) is 0.450. The molecule has 2 fully saturated rings. The van der Waals surface area contributed by atoms with Crippen molar-refractivity contribution in [1.29, 1.82) is 0 Å². The normalized spacial score (nSPS) is 22.6. The van der Waals surface area contributed by atoms with Crippen LogP contribution in [0.4, 0.5) is 5.13 Å². The predicted octanol–water partition coefficient (Wildman–Crippen LogP) is -0.245. The Bertz CT molecular complexity index is 1210. The average Bonchev–Trinajstić information content (AvgIpc) is 3.22. The van der Waals surface area contributed by atoms with Crippen LogP contribution in [0, 0.1) is 0 Å². The van der Waals surface area contributed by atoms with E-state index in [0.29, 0.717) is 6.42 Å². The molecule has 0 radical (unpaired) electrons. The number of esters is 1. The van der Waals surface area contributed by atoms with Gasteiger partial charge in [0.05, 0.1) is 0 Å². The topological polar surface area (TPSA) is 211 Å². The highest BCUT2D eigenvalue weighted by Crippen LogP contribution is 2.40. The van der Waals surface area contributed by atoms with Crippen LogP contribution in [0.15, 0.2) is 21.8 Å². The largest absolute Gasteiger partial charge is 0.478 e. The van der Waals surface area contributed by atoms with Crippen molar-refractivity contribution in [2.45, 2.75) is 43.2 Å². The molecule has 1 aliphatic carbocycles. The van der Waals surface area contributed by atoms with E-state index in [4.69, 9.17) is 15.3 Å². The molecule has 5 N–H and O–H groups in total. The van der Waals surface area contributed by atoms with Gasteiger partial charge in [0, 0.05) is 36.5 Å². The number of hydrogen-bond acceptors (Lipinski definition) is 12. The van der Waals surface area contributed by atoms with E-state index < -0.39 is 46.7 Å². The van der Waals surface area contributed by atoms with Crippen LogP contribution in [0.3, 0.4) is 0 Å². The molecule has 0 aromatic carbocycles. The molecule has 2 atom stereocenters. The molecular formula is C20H21N5O9S2. The number of aliphatic carboxylic acids is 2. The van der Waals surface area contributed by atoms with Gasteiger partial charge in [0.25, 0.3) is 11.8 Å². The monoisotopic (exact) mass is 539 g/mol. The van der Waals surface area contributed by atoms with Crippen LogP contribution in [0.5, 0.6) is 0 Å². The summed E-state index contributed by atoms with van der Waals surface area (Å²) in [6.45, 7) is 0.907. The number of fused-ring (bicyclic) bond motifs is 1. The van der Waals surface area contributed by atoms with Crippen LogP contribution in [0.25, 0.3) is 0 Å². The number of hydrogen-bond donors (Lipinski definition) is 4.